The Morgan fingerprint density at radius 3 is 2.84 bits per heavy atom. The van der Waals surface area contributed by atoms with Crippen LogP contribution in [-0.4, -0.2) is 25.5 Å². The van der Waals surface area contributed by atoms with E-state index in [0.29, 0.717) is 12.1 Å². The van der Waals surface area contributed by atoms with E-state index in [4.69, 9.17) is 10.1 Å². The lowest BCUT2D eigenvalue weighted by molar-refractivity contribution is 0.0973. The Morgan fingerprint density at radius 2 is 2.00 bits per heavy atom. The number of nitrogens with zero attached hydrogens (tertiary/aromatic N) is 4. The molecule has 0 radical (unpaired) electrons. The monoisotopic (exact) mass is 346 g/mol. The van der Waals surface area contributed by atoms with Crippen LogP contribution >= 0.6 is 11.3 Å². The molecule has 0 atom stereocenters. The second-order valence-electron chi connectivity index (χ2n) is 6.06. The second-order valence-corrected chi connectivity index (χ2v) is 7.07. The van der Waals surface area contributed by atoms with Crippen LogP contribution < -0.4 is 0 Å². The van der Waals surface area contributed by atoms with E-state index < -0.39 is 0 Å². The first-order valence-electron chi connectivity index (χ1n) is 8.23. The molecule has 3 aromatic heterocycles. The lowest BCUT2D eigenvalue weighted by Crippen LogP contribution is -2.13. The van der Waals surface area contributed by atoms with Gasteiger partial charge in [-0.25, -0.2) is 9.67 Å². The number of benzene rings is 1. The highest BCUT2D eigenvalue weighted by Crippen LogP contribution is 2.34. The predicted molar refractivity (Wildman–Crippen MR) is 97.2 cm³/mol. The highest BCUT2D eigenvalue weighted by Gasteiger charge is 2.29. The number of para-hydroxylation sites is 1. The van der Waals surface area contributed by atoms with Crippen LogP contribution in [0.5, 0.6) is 0 Å². The summed E-state index contributed by atoms with van der Waals surface area (Å²) in [5.41, 5.74) is 4.24. The molecule has 0 saturated carbocycles. The van der Waals surface area contributed by atoms with E-state index >= 15 is 0 Å². The van der Waals surface area contributed by atoms with Crippen LogP contribution in [0.3, 0.4) is 0 Å². The van der Waals surface area contributed by atoms with Gasteiger partial charge in [-0.15, -0.1) is 0 Å². The molecule has 0 saturated heterocycles. The van der Waals surface area contributed by atoms with Gasteiger partial charge < -0.3 is 0 Å². The summed E-state index contributed by atoms with van der Waals surface area (Å²) in [7, 11) is 0. The average Bonchev–Trinajstić information content (AvgIpc) is 3.24. The third-order valence-corrected chi connectivity index (χ3v) is 5.49. The average molecular weight is 346 g/mol. The third-order valence-electron chi connectivity index (χ3n) is 4.48. The Labute approximate surface area is 148 Å². The molecule has 4 aromatic rings. The van der Waals surface area contributed by atoms with Crippen molar-refractivity contribution < 1.29 is 4.79 Å². The quantitative estimate of drug-likeness (QED) is 0.549. The summed E-state index contributed by atoms with van der Waals surface area (Å²) in [6, 6.07) is 11.9. The summed E-state index contributed by atoms with van der Waals surface area (Å²) in [5, 5.41) is 5.59. The molecule has 5 rings (SSSR count). The molecule has 0 bridgehead atoms. The number of fused-ring (bicyclic) bond motifs is 2. The second kappa shape index (κ2) is 5.60. The van der Waals surface area contributed by atoms with E-state index in [0.717, 1.165) is 45.0 Å². The highest BCUT2D eigenvalue weighted by molar-refractivity contribution is 7.20. The van der Waals surface area contributed by atoms with Gasteiger partial charge in [0.25, 0.3) is 0 Å². The molecule has 1 aliphatic carbocycles. The molecule has 3 heterocycles. The van der Waals surface area contributed by atoms with Gasteiger partial charge in [-0.05, 0) is 37.1 Å². The van der Waals surface area contributed by atoms with Gasteiger partial charge in [-0.1, -0.05) is 23.5 Å². The molecule has 0 N–H and O–H groups in total. The van der Waals surface area contributed by atoms with E-state index in [1.54, 1.807) is 23.7 Å². The van der Waals surface area contributed by atoms with Crippen LogP contribution in [0, 0.1) is 0 Å². The Morgan fingerprint density at radius 1 is 1.08 bits per heavy atom. The van der Waals surface area contributed by atoms with Crippen LogP contribution in [0.15, 0.2) is 48.8 Å². The van der Waals surface area contributed by atoms with Crippen molar-refractivity contribution in [3.05, 3.63) is 60.0 Å². The Hall–Kier alpha value is -2.86. The molecule has 0 spiro atoms. The third kappa shape index (κ3) is 2.29. The SMILES string of the molecule is O=C1CCCc2c1c(-c1cccnc1)nn2-c1nc2ccccc2s1. The first-order valence-corrected chi connectivity index (χ1v) is 9.04. The standard InChI is InChI=1S/C19H14N4OS/c24-15-8-3-7-14-17(15)18(12-5-4-10-20-11-12)22-23(14)19-21-13-6-1-2-9-16(13)25-19/h1-2,4-6,9-11H,3,7-8H2. The maximum Gasteiger partial charge on any atom is 0.211 e. The highest BCUT2D eigenvalue weighted by atomic mass is 32.1. The fraction of sp³-hybridized carbons (Fsp3) is 0.158. The van der Waals surface area contributed by atoms with Gasteiger partial charge in [0.2, 0.25) is 5.13 Å². The van der Waals surface area contributed by atoms with Crippen LogP contribution in [0.2, 0.25) is 0 Å². The topological polar surface area (TPSA) is 60.7 Å². The van der Waals surface area contributed by atoms with Gasteiger partial charge >= 0.3 is 0 Å². The lowest BCUT2D eigenvalue weighted by atomic mass is 9.93. The Bertz CT molecular complexity index is 1060. The van der Waals surface area contributed by atoms with Crippen molar-refractivity contribution in [1.82, 2.24) is 19.7 Å². The van der Waals surface area contributed by atoms with Crippen LogP contribution in [0.1, 0.15) is 28.9 Å². The van der Waals surface area contributed by atoms with Gasteiger partial charge in [0.15, 0.2) is 5.78 Å². The summed E-state index contributed by atoms with van der Waals surface area (Å²) in [4.78, 5) is 21.5. The number of carbonyl (C=O) groups excluding carboxylic acids is 1. The predicted octanol–water partition coefficient (Wildman–Crippen LogP) is 4.06. The van der Waals surface area contributed by atoms with Gasteiger partial charge in [0, 0.05) is 24.4 Å². The number of pyridine rings is 1. The molecule has 1 aromatic carbocycles. The van der Waals surface area contributed by atoms with Crippen LogP contribution in [0.4, 0.5) is 0 Å². The van der Waals surface area contributed by atoms with Crippen molar-refractivity contribution in [1.29, 1.82) is 0 Å². The number of hydrogen-bond donors (Lipinski definition) is 0. The summed E-state index contributed by atoms with van der Waals surface area (Å²) in [5.74, 6) is 0.160. The largest absolute Gasteiger partial charge is 0.294 e. The van der Waals surface area contributed by atoms with E-state index in [2.05, 4.69) is 11.1 Å². The minimum atomic E-state index is 0.160. The smallest absolute Gasteiger partial charge is 0.211 e. The van der Waals surface area contributed by atoms with Crippen molar-refractivity contribution in [3.8, 4) is 16.4 Å². The number of rotatable bonds is 2. The number of carbonyl (C=O) groups is 1. The van der Waals surface area contributed by atoms with Gasteiger partial charge in [0.1, 0.15) is 5.69 Å². The molecular formula is C19H14N4OS. The van der Waals surface area contributed by atoms with E-state index in [1.165, 1.54) is 0 Å². The molecule has 122 valence electrons. The van der Waals surface area contributed by atoms with E-state index in [1.807, 2.05) is 35.0 Å². The zero-order valence-electron chi connectivity index (χ0n) is 13.3. The number of thiazole rings is 1. The van der Waals surface area contributed by atoms with Crippen molar-refractivity contribution in [3.63, 3.8) is 0 Å². The van der Waals surface area contributed by atoms with Crippen LogP contribution in [-0.2, 0) is 6.42 Å². The zero-order valence-corrected chi connectivity index (χ0v) is 14.2. The van der Waals surface area contributed by atoms with Gasteiger partial charge in [0.05, 0.1) is 21.5 Å². The molecule has 0 aliphatic heterocycles. The van der Waals surface area contributed by atoms with Crippen molar-refractivity contribution in [2.45, 2.75) is 19.3 Å². The van der Waals surface area contributed by atoms with Crippen molar-refractivity contribution in [2.75, 3.05) is 0 Å². The van der Waals surface area contributed by atoms with Crippen molar-refractivity contribution in [2.24, 2.45) is 0 Å². The zero-order chi connectivity index (χ0) is 16.8. The molecule has 0 unspecified atom stereocenters. The Kier molecular flexibility index (Phi) is 3.24. The lowest BCUT2D eigenvalue weighted by Gasteiger charge is -2.12. The van der Waals surface area contributed by atoms with Gasteiger partial charge in [-0.3, -0.25) is 9.78 Å². The number of Topliss-reactive ketones (excluding diaryl/α,β-unsaturated/α-hetero) is 1. The summed E-state index contributed by atoms with van der Waals surface area (Å²) in [6.07, 6.45) is 5.75. The number of ketones is 1. The minimum Gasteiger partial charge on any atom is -0.294 e. The minimum absolute atomic E-state index is 0.160. The summed E-state index contributed by atoms with van der Waals surface area (Å²) < 4.78 is 2.98. The van der Waals surface area contributed by atoms with Gasteiger partial charge in [-0.2, -0.15) is 5.10 Å². The summed E-state index contributed by atoms with van der Waals surface area (Å²) >= 11 is 1.60. The molecule has 1 aliphatic rings. The summed E-state index contributed by atoms with van der Waals surface area (Å²) in [6.45, 7) is 0. The molecule has 5 nitrogen and oxygen atoms in total. The fourth-order valence-electron chi connectivity index (χ4n) is 3.33. The number of aromatic nitrogens is 4. The Balaban J connectivity index is 1.76. The maximum absolute atomic E-state index is 12.6. The number of hydrogen-bond acceptors (Lipinski definition) is 5. The first-order chi connectivity index (χ1) is 12.3. The first kappa shape index (κ1) is 14.5. The molecule has 25 heavy (non-hydrogen) atoms. The molecule has 0 fully saturated rings. The normalized spacial score (nSPS) is 14.0. The fourth-order valence-corrected chi connectivity index (χ4v) is 4.28. The molecule has 0 amide bonds. The van der Waals surface area contributed by atoms with Crippen LogP contribution in [0.25, 0.3) is 26.6 Å². The molecular weight excluding hydrogens is 332 g/mol. The molecule has 6 heteroatoms. The van der Waals surface area contributed by atoms with E-state index in [-0.39, 0.29) is 5.78 Å². The van der Waals surface area contributed by atoms with Crippen molar-refractivity contribution >= 4 is 27.3 Å². The maximum atomic E-state index is 12.6. The van der Waals surface area contributed by atoms with E-state index in [9.17, 15) is 4.79 Å².